The zero-order valence-corrected chi connectivity index (χ0v) is 7.68. The van der Waals surface area contributed by atoms with Crippen molar-refractivity contribution in [1.29, 1.82) is 0 Å². The summed E-state index contributed by atoms with van der Waals surface area (Å²) in [4.78, 5) is 4.25. The first-order chi connectivity index (χ1) is 5.95. The van der Waals surface area contributed by atoms with Crippen molar-refractivity contribution in [1.82, 2.24) is 10.3 Å². The second-order valence-corrected chi connectivity index (χ2v) is 4.04. The Morgan fingerprint density at radius 3 is 3.00 bits per heavy atom. The van der Waals surface area contributed by atoms with Gasteiger partial charge < -0.3 is 5.32 Å². The van der Waals surface area contributed by atoms with Crippen LogP contribution in [0.4, 0.5) is 0 Å². The molecule has 0 bridgehead atoms. The zero-order valence-electron chi connectivity index (χ0n) is 6.86. The molecule has 1 aliphatic rings. The predicted octanol–water partition coefficient (Wildman–Crippen LogP) is 1.39. The van der Waals surface area contributed by atoms with Crippen molar-refractivity contribution >= 4 is 11.8 Å². The number of rotatable bonds is 3. The van der Waals surface area contributed by atoms with Gasteiger partial charge in [-0.25, -0.2) is 4.98 Å². The highest BCUT2D eigenvalue weighted by atomic mass is 32.2. The van der Waals surface area contributed by atoms with Gasteiger partial charge in [0, 0.05) is 11.9 Å². The summed E-state index contributed by atoms with van der Waals surface area (Å²) in [7, 11) is 0. The number of hydrogen-bond acceptors (Lipinski definition) is 3. The van der Waals surface area contributed by atoms with Crippen molar-refractivity contribution < 1.29 is 0 Å². The van der Waals surface area contributed by atoms with Crippen LogP contribution in [0.25, 0.3) is 0 Å². The van der Waals surface area contributed by atoms with E-state index in [0.717, 1.165) is 10.9 Å². The van der Waals surface area contributed by atoms with E-state index in [1.807, 2.05) is 30.1 Å². The molecule has 0 aromatic carbocycles. The molecule has 1 aromatic heterocycles. The Hall–Kier alpha value is -0.540. The molecule has 12 heavy (non-hydrogen) atoms. The standard InChI is InChI=1S/C9H12N2S/c1-2-4-11-9(3-1)12-7-8-5-10-6-8/h1-4,8,10H,5-7H2. The molecule has 2 heterocycles. The smallest absolute Gasteiger partial charge is 0.0959 e. The molecule has 3 heteroatoms. The number of pyridine rings is 1. The quantitative estimate of drug-likeness (QED) is 0.712. The Bertz CT molecular complexity index is 234. The average Bonchev–Trinajstić information content (AvgIpc) is 2.04. The van der Waals surface area contributed by atoms with Crippen LogP contribution in [-0.2, 0) is 0 Å². The third kappa shape index (κ3) is 1.99. The van der Waals surface area contributed by atoms with Crippen LogP contribution in [0.2, 0.25) is 0 Å². The SMILES string of the molecule is c1ccc(SCC2CNC2)nc1. The Morgan fingerprint density at radius 1 is 1.50 bits per heavy atom. The summed E-state index contributed by atoms with van der Waals surface area (Å²) >= 11 is 1.85. The summed E-state index contributed by atoms with van der Waals surface area (Å²) in [5.41, 5.74) is 0. The lowest BCUT2D eigenvalue weighted by Gasteiger charge is -2.26. The molecule has 0 atom stereocenters. The van der Waals surface area contributed by atoms with Crippen LogP contribution >= 0.6 is 11.8 Å². The molecule has 1 aliphatic heterocycles. The Labute approximate surface area is 76.8 Å². The molecule has 64 valence electrons. The van der Waals surface area contributed by atoms with Gasteiger partial charge in [0.15, 0.2) is 0 Å². The molecule has 1 aromatic rings. The first-order valence-electron chi connectivity index (χ1n) is 4.20. The van der Waals surface area contributed by atoms with Crippen LogP contribution in [-0.4, -0.2) is 23.8 Å². The normalized spacial score (nSPS) is 17.3. The zero-order chi connectivity index (χ0) is 8.23. The number of aromatic nitrogens is 1. The molecule has 2 rings (SSSR count). The maximum absolute atomic E-state index is 4.25. The molecular weight excluding hydrogens is 168 g/mol. The van der Waals surface area contributed by atoms with Gasteiger partial charge in [0.05, 0.1) is 5.03 Å². The molecule has 0 radical (unpaired) electrons. The van der Waals surface area contributed by atoms with Gasteiger partial charge in [-0.15, -0.1) is 11.8 Å². The second kappa shape index (κ2) is 3.92. The highest BCUT2D eigenvalue weighted by Crippen LogP contribution is 2.19. The highest BCUT2D eigenvalue weighted by molar-refractivity contribution is 7.99. The fourth-order valence-corrected chi connectivity index (χ4v) is 2.05. The van der Waals surface area contributed by atoms with Crippen molar-refractivity contribution in [2.75, 3.05) is 18.8 Å². The van der Waals surface area contributed by atoms with E-state index in [4.69, 9.17) is 0 Å². The van der Waals surface area contributed by atoms with E-state index in [1.165, 1.54) is 18.8 Å². The van der Waals surface area contributed by atoms with E-state index in [2.05, 4.69) is 16.4 Å². The van der Waals surface area contributed by atoms with E-state index in [9.17, 15) is 0 Å². The summed E-state index contributed by atoms with van der Waals surface area (Å²) in [6, 6.07) is 6.06. The lowest BCUT2D eigenvalue weighted by Crippen LogP contribution is -2.43. The van der Waals surface area contributed by atoms with E-state index in [0.29, 0.717) is 0 Å². The van der Waals surface area contributed by atoms with Gasteiger partial charge in [0.2, 0.25) is 0 Å². The molecular formula is C9H12N2S. The van der Waals surface area contributed by atoms with E-state index >= 15 is 0 Å². The predicted molar refractivity (Wildman–Crippen MR) is 51.3 cm³/mol. The number of nitrogens with one attached hydrogen (secondary N) is 1. The lowest BCUT2D eigenvalue weighted by molar-refractivity contribution is 0.385. The largest absolute Gasteiger partial charge is 0.316 e. The maximum atomic E-state index is 4.25. The second-order valence-electron chi connectivity index (χ2n) is 3.00. The number of nitrogens with zero attached hydrogens (tertiary/aromatic N) is 1. The van der Waals surface area contributed by atoms with Crippen LogP contribution in [0.1, 0.15) is 0 Å². The van der Waals surface area contributed by atoms with E-state index in [-0.39, 0.29) is 0 Å². The van der Waals surface area contributed by atoms with Crippen LogP contribution < -0.4 is 5.32 Å². The molecule has 0 amide bonds. The third-order valence-corrected chi connectivity index (χ3v) is 3.15. The highest BCUT2D eigenvalue weighted by Gasteiger charge is 2.16. The van der Waals surface area contributed by atoms with Gasteiger partial charge >= 0.3 is 0 Å². The first-order valence-corrected chi connectivity index (χ1v) is 5.18. The van der Waals surface area contributed by atoms with Crippen molar-refractivity contribution in [3.63, 3.8) is 0 Å². The van der Waals surface area contributed by atoms with Gasteiger partial charge in [-0.2, -0.15) is 0 Å². The Balaban J connectivity index is 1.79. The Kier molecular flexibility index (Phi) is 2.64. The van der Waals surface area contributed by atoms with Crippen LogP contribution in [0, 0.1) is 5.92 Å². The minimum atomic E-state index is 0.858. The molecule has 1 fully saturated rings. The monoisotopic (exact) mass is 180 g/mol. The fourth-order valence-electron chi connectivity index (χ4n) is 1.10. The van der Waals surface area contributed by atoms with Crippen molar-refractivity contribution in [2.45, 2.75) is 5.03 Å². The van der Waals surface area contributed by atoms with E-state index in [1.54, 1.807) is 0 Å². The van der Waals surface area contributed by atoms with Gasteiger partial charge in [0.25, 0.3) is 0 Å². The molecule has 0 aliphatic carbocycles. The fraction of sp³-hybridized carbons (Fsp3) is 0.444. The summed E-state index contributed by atoms with van der Waals surface area (Å²) in [6.45, 7) is 2.36. The van der Waals surface area contributed by atoms with Crippen LogP contribution in [0.3, 0.4) is 0 Å². The summed E-state index contributed by atoms with van der Waals surface area (Å²) in [6.07, 6.45) is 1.85. The molecule has 1 N–H and O–H groups in total. The number of hydrogen-bond donors (Lipinski definition) is 1. The summed E-state index contributed by atoms with van der Waals surface area (Å²) in [5.74, 6) is 2.06. The number of thioether (sulfide) groups is 1. The van der Waals surface area contributed by atoms with E-state index < -0.39 is 0 Å². The lowest BCUT2D eigenvalue weighted by atomic mass is 10.1. The minimum absolute atomic E-state index is 0.858. The third-order valence-electron chi connectivity index (χ3n) is 1.97. The summed E-state index contributed by atoms with van der Waals surface area (Å²) in [5, 5.41) is 4.41. The molecule has 0 unspecified atom stereocenters. The first kappa shape index (κ1) is 8.08. The van der Waals surface area contributed by atoms with Crippen molar-refractivity contribution in [2.24, 2.45) is 5.92 Å². The van der Waals surface area contributed by atoms with Crippen molar-refractivity contribution in [3.8, 4) is 0 Å². The molecule has 1 saturated heterocycles. The average molecular weight is 180 g/mol. The molecule has 2 nitrogen and oxygen atoms in total. The molecule has 0 spiro atoms. The maximum Gasteiger partial charge on any atom is 0.0959 e. The molecule has 0 saturated carbocycles. The van der Waals surface area contributed by atoms with Crippen LogP contribution in [0.5, 0.6) is 0 Å². The van der Waals surface area contributed by atoms with Gasteiger partial charge in [-0.3, -0.25) is 0 Å². The minimum Gasteiger partial charge on any atom is -0.316 e. The van der Waals surface area contributed by atoms with Gasteiger partial charge in [-0.1, -0.05) is 6.07 Å². The van der Waals surface area contributed by atoms with Crippen LogP contribution in [0.15, 0.2) is 29.4 Å². The van der Waals surface area contributed by atoms with Gasteiger partial charge in [0.1, 0.15) is 0 Å². The van der Waals surface area contributed by atoms with Crippen molar-refractivity contribution in [3.05, 3.63) is 24.4 Å². The Morgan fingerprint density at radius 2 is 2.42 bits per heavy atom. The van der Waals surface area contributed by atoms with Gasteiger partial charge in [-0.05, 0) is 31.1 Å². The summed E-state index contributed by atoms with van der Waals surface area (Å²) < 4.78 is 0. The topological polar surface area (TPSA) is 24.9 Å².